The van der Waals surface area contributed by atoms with Gasteiger partial charge in [0.25, 0.3) is 0 Å². The maximum Gasteiger partial charge on any atom is 0.229 e. The molecule has 1 aliphatic rings. The molecule has 0 saturated carbocycles. The molecule has 0 bridgehead atoms. The smallest absolute Gasteiger partial charge is 0.229 e. The van der Waals surface area contributed by atoms with E-state index in [1.807, 2.05) is 28.5 Å². The van der Waals surface area contributed by atoms with Crippen molar-refractivity contribution in [2.45, 2.75) is 19.4 Å². The topological polar surface area (TPSA) is 36.4 Å². The molecule has 28 heavy (non-hydrogen) atoms. The number of benzene rings is 2. The molecule has 4 rings (SSSR count). The Hall–Kier alpha value is -2.50. The molecule has 1 aromatic heterocycles. The lowest BCUT2D eigenvalue weighted by molar-refractivity contribution is -0.135. The van der Waals surface area contributed by atoms with Gasteiger partial charge >= 0.3 is 0 Å². The van der Waals surface area contributed by atoms with Crippen LogP contribution in [0.1, 0.15) is 22.9 Å². The largest absolute Gasteiger partial charge is 0.333 e. The summed E-state index contributed by atoms with van der Waals surface area (Å²) in [5.41, 5.74) is 4.39. The second-order valence-corrected chi connectivity index (χ2v) is 8.32. The van der Waals surface area contributed by atoms with Crippen molar-refractivity contribution < 1.29 is 4.79 Å². The molecule has 5 heteroatoms. The van der Waals surface area contributed by atoms with Gasteiger partial charge in [0.1, 0.15) is 5.01 Å². The Morgan fingerprint density at radius 2 is 1.86 bits per heavy atom. The molecule has 2 aromatic carbocycles. The van der Waals surface area contributed by atoms with Gasteiger partial charge in [-0.15, -0.1) is 11.3 Å². The minimum Gasteiger partial charge on any atom is -0.333 e. The molecule has 3 aromatic rings. The third-order valence-electron chi connectivity index (χ3n) is 5.27. The van der Waals surface area contributed by atoms with Gasteiger partial charge in [-0.05, 0) is 19.5 Å². The van der Waals surface area contributed by atoms with Crippen molar-refractivity contribution in [3.8, 4) is 10.6 Å². The van der Waals surface area contributed by atoms with E-state index in [0.717, 1.165) is 35.9 Å². The SMILES string of the molecule is Cc1ccc(-c2nc(CC(=O)N3CCN(C)CC3c3ccccc3)cs2)cc1. The first kappa shape index (κ1) is 18.8. The number of aryl methyl sites for hydroxylation is 1. The summed E-state index contributed by atoms with van der Waals surface area (Å²) in [4.78, 5) is 22.2. The molecule has 1 fully saturated rings. The van der Waals surface area contributed by atoms with Crippen molar-refractivity contribution in [1.29, 1.82) is 0 Å². The van der Waals surface area contributed by atoms with Crippen LogP contribution in [0.2, 0.25) is 0 Å². The van der Waals surface area contributed by atoms with Crippen LogP contribution < -0.4 is 0 Å². The van der Waals surface area contributed by atoms with Gasteiger partial charge in [-0.1, -0.05) is 60.2 Å². The van der Waals surface area contributed by atoms with E-state index in [4.69, 9.17) is 4.98 Å². The number of rotatable bonds is 4. The van der Waals surface area contributed by atoms with Gasteiger partial charge in [-0.25, -0.2) is 4.98 Å². The lowest BCUT2D eigenvalue weighted by Gasteiger charge is -2.40. The number of amides is 1. The van der Waals surface area contributed by atoms with E-state index in [-0.39, 0.29) is 11.9 Å². The minimum atomic E-state index is 0.0997. The minimum absolute atomic E-state index is 0.0997. The molecule has 0 spiro atoms. The van der Waals surface area contributed by atoms with Gasteiger partial charge in [0.05, 0.1) is 18.2 Å². The van der Waals surface area contributed by atoms with Gasteiger partial charge in [0.2, 0.25) is 5.91 Å². The molecule has 0 radical (unpaired) electrons. The van der Waals surface area contributed by atoms with Crippen molar-refractivity contribution in [1.82, 2.24) is 14.8 Å². The quantitative estimate of drug-likeness (QED) is 0.670. The highest BCUT2D eigenvalue weighted by atomic mass is 32.1. The summed E-state index contributed by atoms with van der Waals surface area (Å²) < 4.78 is 0. The summed E-state index contributed by atoms with van der Waals surface area (Å²) in [5, 5.41) is 2.99. The van der Waals surface area contributed by atoms with Crippen LogP contribution in [0.5, 0.6) is 0 Å². The van der Waals surface area contributed by atoms with Crippen LogP contribution in [-0.4, -0.2) is 47.4 Å². The van der Waals surface area contributed by atoms with E-state index in [1.54, 1.807) is 11.3 Å². The Balaban J connectivity index is 1.50. The fourth-order valence-corrected chi connectivity index (χ4v) is 4.48. The number of hydrogen-bond donors (Lipinski definition) is 0. The summed E-state index contributed by atoms with van der Waals surface area (Å²) in [5.74, 6) is 0.155. The highest BCUT2D eigenvalue weighted by Gasteiger charge is 2.30. The van der Waals surface area contributed by atoms with Crippen molar-refractivity contribution in [2.75, 3.05) is 26.7 Å². The van der Waals surface area contributed by atoms with Crippen LogP contribution >= 0.6 is 11.3 Å². The summed E-state index contributed by atoms with van der Waals surface area (Å²) in [6.07, 6.45) is 0.357. The van der Waals surface area contributed by atoms with E-state index < -0.39 is 0 Å². The molecule has 144 valence electrons. The zero-order valence-electron chi connectivity index (χ0n) is 16.3. The molecule has 1 amide bonds. The zero-order chi connectivity index (χ0) is 19.5. The van der Waals surface area contributed by atoms with Crippen molar-refractivity contribution in [2.24, 2.45) is 0 Å². The Morgan fingerprint density at radius 1 is 1.11 bits per heavy atom. The molecular weight excluding hydrogens is 366 g/mol. The van der Waals surface area contributed by atoms with E-state index in [9.17, 15) is 4.79 Å². The Bertz CT molecular complexity index is 936. The van der Waals surface area contributed by atoms with Crippen LogP contribution in [0.3, 0.4) is 0 Å². The monoisotopic (exact) mass is 391 g/mol. The maximum absolute atomic E-state index is 13.1. The van der Waals surface area contributed by atoms with E-state index in [2.05, 4.69) is 55.3 Å². The normalized spacial score (nSPS) is 17.6. The molecule has 2 heterocycles. The lowest BCUT2D eigenvalue weighted by atomic mass is 10.0. The number of thiazole rings is 1. The predicted molar refractivity (Wildman–Crippen MR) is 114 cm³/mol. The Morgan fingerprint density at radius 3 is 2.61 bits per heavy atom. The molecule has 0 aliphatic carbocycles. The van der Waals surface area contributed by atoms with Crippen molar-refractivity contribution in [3.63, 3.8) is 0 Å². The number of carbonyl (C=O) groups excluding carboxylic acids is 1. The number of nitrogens with zero attached hydrogens (tertiary/aromatic N) is 3. The van der Waals surface area contributed by atoms with Crippen molar-refractivity contribution in [3.05, 3.63) is 76.8 Å². The number of carbonyl (C=O) groups is 1. The maximum atomic E-state index is 13.1. The van der Waals surface area contributed by atoms with Gasteiger partial charge in [-0.3, -0.25) is 4.79 Å². The van der Waals surface area contributed by atoms with E-state index >= 15 is 0 Å². The second-order valence-electron chi connectivity index (χ2n) is 7.46. The molecule has 0 N–H and O–H groups in total. The molecule has 1 saturated heterocycles. The molecule has 1 atom stereocenters. The van der Waals surface area contributed by atoms with Gasteiger partial charge in [0.15, 0.2) is 0 Å². The lowest BCUT2D eigenvalue weighted by Crippen LogP contribution is -2.49. The van der Waals surface area contributed by atoms with Crippen LogP contribution in [0.15, 0.2) is 60.0 Å². The summed E-state index contributed by atoms with van der Waals surface area (Å²) in [6, 6.07) is 18.8. The number of aromatic nitrogens is 1. The zero-order valence-corrected chi connectivity index (χ0v) is 17.2. The number of likely N-dealkylation sites (N-methyl/N-ethyl adjacent to an activating group) is 1. The molecule has 1 aliphatic heterocycles. The fraction of sp³-hybridized carbons (Fsp3) is 0.304. The van der Waals surface area contributed by atoms with Crippen LogP contribution in [0.4, 0.5) is 0 Å². The third-order valence-corrected chi connectivity index (χ3v) is 6.21. The van der Waals surface area contributed by atoms with E-state index in [0.29, 0.717) is 6.42 Å². The third kappa shape index (κ3) is 4.16. The summed E-state index contributed by atoms with van der Waals surface area (Å²) >= 11 is 1.60. The Labute approximate surface area is 170 Å². The number of piperazine rings is 1. The highest BCUT2D eigenvalue weighted by molar-refractivity contribution is 7.13. The summed E-state index contributed by atoms with van der Waals surface area (Å²) in [6.45, 7) is 4.60. The molecule has 4 nitrogen and oxygen atoms in total. The average molecular weight is 392 g/mol. The average Bonchev–Trinajstić information content (AvgIpc) is 3.17. The standard InChI is InChI=1S/C23H25N3OS/c1-17-8-10-19(11-9-17)23-24-20(16-28-23)14-22(27)26-13-12-25(2)15-21(26)18-6-4-3-5-7-18/h3-11,16,21H,12-15H2,1-2H3. The first-order valence-corrected chi connectivity index (χ1v) is 10.5. The predicted octanol–water partition coefficient (Wildman–Crippen LogP) is 4.18. The number of hydrogen-bond acceptors (Lipinski definition) is 4. The second kappa shape index (κ2) is 8.25. The fourth-order valence-electron chi connectivity index (χ4n) is 3.65. The van der Waals surface area contributed by atoms with Gasteiger partial charge in [0, 0.05) is 30.6 Å². The Kier molecular flexibility index (Phi) is 5.55. The highest BCUT2D eigenvalue weighted by Crippen LogP contribution is 2.27. The van der Waals surface area contributed by atoms with E-state index in [1.165, 1.54) is 11.1 Å². The molecule has 1 unspecified atom stereocenters. The first-order chi connectivity index (χ1) is 13.6. The van der Waals surface area contributed by atoms with Crippen LogP contribution in [0.25, 0.3) is 10.6 Å². The van der Waals surface area contributed by atoms with Gasteiger partial charge in [-0.2, -0.15) is 0 Å². The van der Waals surface area contributed by atoms with Crippen molar-refractivity contribution >= 4 is 17.2 Å². The molecular formula is C23H25N3OS. The summed E-state index contributed by atoms with van der Waals surface area (Å²) in [7, 11) is 2.12. The first-order valence-electron chi connectivity index (χ1n) is 9.64. The van der Waals surface area contributed by atoms with Crippen LogP contribution in [0, 0.1) is 6.92 Å². The van der Waals surface area contributed by atoms with Gasteiger partial charge < -0.3 is 9.80 Å². The van der Waals surface area contributed by atoms with Crippen LogP contribution in [-0.2, 0) is 11.2 Å².